The first kappa shape index (κ1) is 10.4. The molecule has 0 atom stereocenters. The maximum atomic E-state index is 12.7. The number of hydrogen-bond acceptors (Lipinski definition) is 1. The predicted octanol–water partition coefficient (Wildman–Crippen LogP) is 3.06. The molecule has 2 nitrogen and oxygen atoms in total. The Kier molecular flexibility index (Phi) is 2.68. The summed E-state index contributed by atoms with van der Waals surface area (Å²) in [6.07, 6.45) is 0. The van der Waals surface area contributed by atoms with Gasteiger partial charge in [-0.25, -0.2) is 14.3 Å². The molecule has 2 rings (SSSR count). The second-order valence-electron chi connectivity index (χ2n) is 3.37. The van der Waals surface area contributed by atoms with E-state index in [1.165, 1.54) is 24.3 Å². The lowest BCUT2D eigenvalue weighted by atomic mass is 10.0. The van der Waals surface area contributed by atoms with Crippen LogP contribution in [-0.4, -0.2) is 5.97 Å². The molecule has 0 bridgehead atoms. The zero-order valence-electron chi connectivity index (χ0n) is 8.31. The van der Waals surface area contributed by atoms with E-state index < -0.39 is 5.97 Å². The van der Waals surface area contributed by atoms with Gasteiger partial charge in [0.25, 0.3) is 0 Å². The monoisotopic (exact) mass is 215 g/mol. The van der Waals surface area contributed by atoms with E-state index >= 15 is 0 Å². The van der Waals surface area contributed by atoms with Crippen molar-refractivity contribution in [3.8, 4) is 11.1 Å². The maximum Gasteiger partial charge on any atom is 0.386 e. The Hall–Kier alpha value is -2.16. The molecule has 0 aliphatic heterocycles. The van der Waals surface area contributed by atoms with Crippen LogP contribution in [0.15, 0.2) is 48.5 Å². The fourth-order valence-corrected chi connectivity index (χ4v) is 1.44. The zero-order chi connectivity index (χ0) is 11.5. The fraction of sp³-hybridized carbons (Fsp3) is 0. The zero-order valence-corrected chi connectivity index (χ0v) is 8.31. The van der Waals surface area contributed by atoms with E-state index in [1.807, 2.05) is 0 Å². The van der Waals surface area contributed by atoms with Crippen LogP contribution in [0.4, 0.5) is 4.39 Å². The molecule has 0 heterocycles. The lowest BCUT2D eigenvalue weighted by Gasteiger charge is -2.01. The summed E-state index contributed by atoms with van der Waals surface area (Å²) in [5.41, 5.74) is 1.81. The molecule has 0 spiro atoms. The number of carbonyl (C=O) groups excluding carboxylic acids is 1. The number of carbonyl (C=O) groups is 1. The van der Waals surface area contributed by atoms with E-state index in [0.29, 0.717) is 0 Å². The molecular weight excluding hydrogens is 207 g/mol. The van der Waals surface area contributed by atoms with Gasteiger partial charge in [-0.3, -0.25) is 0 Å². The average Bonchev–Trinajstić information content (AvgIpc) is 2.30. The summed E-state index contributed by atoms with van der Waals surface area (Å²) in [6.45, 7) is 0. The first-order valence-electron chi connectivity index (χ1n) is 4.74. The minimum absolute atomic E-state index is 0.130. The van der Waals surface area contributed by atoms with E-state index in [9.17, 15) is 14.3 Å². The summed E-state index contributed by atoms with van der Waals surface area (Å²) in [6, 6.07) is 12.3. The highest BCUT2D eigenvalue weighted by Crippen LogP contribution is 2.20. The molecule has 0 amide bonds. The van der Waals surface area contributed by atoms with Gasteiger partial charge in [0.2, 0.25) is 0 Å². The van der Waals surface area contributed by atoms with Gasteiger partial charge >= 0.3 is 5.97 Å². The third kappa shape index (κ3) is 2.08. The summed E-state index contributed by atoms with van der Waals surface area (Å²) in [4.78, 5) is 10.5. The molecule has 0 saturated heterocycles. The largest absolute Gasteiger partial charge is 0.386 e. The van der Waals surface area contributed by atoms with Crippen LogP contribution < -0.4 is 0 Å². The minimum atomic E-state index is -1.20. The van der Waals surface area contributed by atoms with Crippen LogP contribution in [0.2, 0.25) is 0 Å². The van der Waals surface area contributed by atoms with E-state index in [1.54, 1.807) is 24.3 Å². The highest BCUT2D eigenvalue weighted by molar-refractivity contribution is 5.88. The molecule has 16 heavy (non-hydrogen) atoms. The van der Waals surface area contributed by atoms with Gasteiger partial charge in [-0.2, -0.15) is 0 Å². The first-order valence-corrected chi connectivity index (χ1v) is 4.74. The highest BCUT2D eigenvalue weighted by atomic mass is 19.1. The Labute approximate surface area is 92.0 Å². The molecule has 0 saturated carbocycles. The van der Waals surface area contributed by atoms with Gasteiger partial charge in [0.1, 0.15) is 5.82 Å². The van der Waals surface area contributed by atoms with Crippen molar-refractivity contribution < 1.29 is 14.3 Å². The molecule has 0 N–H and O–H groups in total. The van der Waals surface area contributed by atoms with Crippen LogP contribution in [0.5, 0.6) is 0 Å². The smallest absolute Gasteiger partial charge is 0.242 e. The summed E-state index contributed by atoms with van der Waals surface area (Å²) in [5.74, 6) is -1.50. The Bertz CT molecular complexity index is 500. The highest BCUT2D eigenvalue weighted by Gasteiger charge is 2.04. The molecule has 2 aromatic rings. The van der Waals surface area contributed by atoms with Gasteiger partial charge in [0.15, 0.2) is 0 Å². The lowest BCUT2D eigenvalue weighted by Crippen LogP contribution is -1.92. The van der Waals surface area contributed by atoms with Crippen LogP contribution in [0.1, 0.15) is 10.4 Å². The fourth-order valence-electron chi connectivity index (χ4n) is 1.44. The number of rotatable bonds is 2. The van der Waals surface area contributed by atoms with Crippen LogP contribution >= 0.6 is 0 Å². The minimum Gasteiger partial charge on any atom is -0.242 e. The predicted molar refractivity (Wildman–Crippen MR) is 56.9 cm³/mol. The molecule has 0 aliphatic carbocycles. The van der Waals surface area contributed by atoms with Gasteiger partial charge in [0.05, 0.1) is 5.56 Å². The molecule has 0 fully saturated rings. The molecular formula is C13H8FO2. The van der Waals surface area contributed by atoms with Crippen molar-refractivity contribution in [2.24, 2.45) is 0 Å². The van der Waals surface area contributed by atoms with E-state index in [-0.39, 0.29) is 11.4 Å². The second-order valence-corrected chi connectivity index (χ2v) is 3.37. The third-order valence-corrected chi connectivity index (χ3v) is 2.30. The van der Waals surface area contributed by atoms with Crippen LogP contribution in [0.25, 0.3) is 11.1 Å². The third-order valence-electron chi connectivity index (χ3n) is 2.30. The number of hydrogen-bond donors (Lipinski definition) is 0. The van der Waals surface area contributed by atoms with Crippen molar-refractivity contribution in [1.29, 1.82) is 0 Å². The van der Waals surface area contributed by atoms with Crippen molar-refractivity contribution in [3.05, 3.63) is 59.9 Å². The van der Waals surface area contributed by atoms with Gasteiger partial charge in [-0.15, -0.1) is 0 Å². The van der Waals surface area contributed by atoms with Crippen molar-refractivity contribution in [2.45, 2.75) is 0 Å². The van der Waals surface area contributed by atoms with Crippen LogP contribution in [0.3, 0.4) is 0 Å². The SMILES string of the molecule is [O]C(=O)c1ccc(-c2ccc(F)cc2)cc1. The second kappa shape index (κ2) is 4.14. The molecule has 0 aliphatic rings. The standard InChI is InChI=1S/C13H8FO2/c14-12-7-5-10(6-8-12)9-1-3-11(4-2-9)13(15)16/h1-8H. The van der Waals surface area contributed by atoms with Gasteiger partial charge in [-0.1, -0.05) is 24.3 Å². The Morgan fingerprint density at radius 3 is 1.69 bits per heavy atom. The number of halogens is 1. The van der Waals surface area contributed by atoms with Crippen molar-refractivity contribution in [2.75, 3.05) is 0 Å². The van der Waals surface area contributed by atoms with Gasteiger partial charge in [0, 0.05) is 0 Å². The molecule has 0 unspecified atom stereocenters. The first-order chi connectivity index (χ1) is 7.66. The molecule has 2 aromatic carbocycles. The lowest BCUT2D eigenvalue weighted by molar-refractivity contribution is 0.0573. The van der Waals surface area contributed by atoms with Gasteiger partial charge in [-0.05, 0) is 35.4 Å². The van der Waals surface area contributed by atoms with E-state index in [2.05, 4.69) is 0 Å². The molecule has 0 aromatic heterocycles. The summed E-state index contributed by atoms with van der Waals surface area (Å²) < 4.78 is 12.7. The molecule has 79 valence electrons. The van der Waals surface area contributed by atoms with Crippen molar-refractivity contribution in [3.63, 3.8) is 0 Å². The van der Waals surface area contributed by atoms with Gasteiger partial charge < -0.3 is 0 Å². The Morgan fingerprint density at radius 2 is 1.25 bits per heavy atom. The summed E-state index contributed by atoms with van der Waals surface area (Å²) in [7, 11) is 0. The maximum absolute atomic E-state index is 12.7. The van der Waals surface area contributed by atoms with Crippen LogP contribution in [0, 0.1) is 5.82 Å². The normalized spacial score (nSPS) is 10.1. The molecule has 3 heteroatoms. The number of benzene rings is 2. The van der Waals surface area contributed by atoms with Crippen molar-refractivity contribution in [1.82, 2.24) is 0 Å². The van der Waals surface area contributed by atoms with E-state index in [0.717, 1.165) is 11.1 Å². The topological polar surface area (TPSA) is 37.0 Å². The Balaban J connectivity index is 2.34. The average molecular weight is 215 g/mol. The quantitative estimate of drug-likeness (QED) is 0.758. The molecule has 1 radical (unpaired) electrons. The summed E-state index contributed by atoms with van der Waals surface area (Å²) in [5, 5.41) is 10.5. The van der Waals surface area contributed by atoms with E-state index in [4.69, 9.17) is 0 Å². The Morgan fingerprint density at radius 1 is 0.812 bits per heavy atom. The van der Waals surface area contributed by atoms with Crippen molar-refractivity contribution >= 4 is 5.97 Å². The summed E-state index contributed by atoms with van der Waals surface area (Å²) >= 11 is 0. The van der Waals surface area contributed by atoms with Crippen LogP contribution in [-0.2, 0) is 5.11 Å².